The molecule has 1 heterocycles. The number of nitrogens with zero attached hydrogens (tertiary/aromatic N) is 2. The van der Waals surface area contributed by atoms with Crippen LogP contribution in [0.25, 0.3) is 0 Å². The first-order valence-corrected chi connectivity index (χ1v) is 7.35. The lowest BCUT2D eigenvalue weighted by Crippen LogP contribution is -2.38. The van der Waals surface area contributed by atoms with E-state index in [1.54, 1.807) is 0 Å². The fraction of sp³-hybridized carbons (Fsp3) is 0.571. The summed E-state index contributed by atoms with van der Waals surface area (Å²) in [7, 11) is 2.20. The van der Waals surface area contributed by atoms with Crippen LogP contribution in [0.5, 0.6) is 0 Å². The van der Waals surface area contributed by atoms with E-state index in [4.69, 9.17) is 5.73 Å². The molecule has 0 aromatic heterocycles. The summed E-state index contributed by atoms with van der Waals surface area (Å²) in [6.45, 7) is 6.29. The zero-order valence-electron chi connectivity index (χ0n) is 11.2. The van der Waals surface area contributed by atoms with Gasteiger partial charge in [0.25, 0.3) is 0 Å². The van der Waals surface area contributed by atoms with Crippen molar-refractivity contribution in [2.75, 3.05) is 31.6 Å². The van der Waals surface area contributed by atoms with Crippen molar-refractivity contribution in [2.24, 2.45) is 5.73 Å². The summed E-state index contributed by atoms with van der Waals surface area (Å²) in [6, 6.07) is 6.96. The number of nitrogens with two attached hydrogens (primary N) is 1. The number of likely N-dealkylation sites (N-methyl/N-ethyl adjacent to an activating group) is 1. The Morgan fingerprint density at radius 2 is 2.17 bits per heavy atom. The zero-order valence-corrected chi connectivity index (χ0v) is 12.8. The molecule has 1 atom stereocenters. The van der Waals surface area contributed by atoms with Crippen molar-refractivity contribution in [1.29, 1.82) is 0 Å². The minimum atomic E-state index is 0.531. The summed E-state index contributed by atoms with van der Waals surface area (Å²) in [5, 5.41) is 0. The van der Waals surface area contributed by atoms with Crippen molar-refractivity contribution in [3.05, 3.63) is 28.2 Å². The minimum absolute atomic E-state index is 0.531. The van der Waals surface area contributed by atoms with Crippen LogP contribution in [0.4, 0.5) is 5.69 Å². The summed E-state index contributed by atoms with van der Waals surface area (Å²) in [5.74, 6) is 0. The van der Waals surface area contributed by atoms with Crippen molar-refractivity contribution < 1.29 is 0 Å². The van der Waals surface area contributed by atoms with E-state index in [1.807, 2.05) is 0 Å². The molecule has 1 aliphatic heterocycles. The number of anilines is 1. The van der Waals surface area contributed by atoms with Gasteiger partial charge in [0, 0.05) is 35.8 Å². The van der Waals surface area contributed by atoms with Gasteiger partial charge in [-0.1, -0.05) is 15.9 Å². The molecule has 3 nitrogen and oxygen atoms in total. The Kier molecular flexibility index (Phi) is 4.65. The summed E-state index contributed by atoms with van der Waals surface area (Å²) >= 11 is 3.52. The second kappa shape index (κ2) is 6.04. The van der Waals surface area contributed by atoms with E-state index in [0.29, 0.717) is 12.6 Å². The molecule has 0 spiro atoms. The summed E-state index contributed by atoms with van der Waals surface area (Å²) in [4.78, 5) is 4.91. The van der Waals surface area contributed by atoms with E-state index >= 15 is 0 Å². The van der Waals surface area contributed by atoms with E-state index in [2.05, 4.69) is 57.9 Å². The molecular weight excluding hydrogens is 290 g/mol. The summed E-state index contributed by atoms with van der Waals surface area (Å²) in [5.41, 5.74) is 8.40. The van der Waals surface area contributed by atoms with Crippen LogP contribution >= 0.6 is 15.9 Å². The molecule has 18 heavy (non-hydrogen) atoms. The van der Waals surface area contributed by atoms with E-state index in [1.165, 1.54) is 24.2 Å². The van der Waals surface area contributed by atoms with Gasteiger partial charge >= 0.3 is 0 Å². The zero-order chi connectivity index (χ0) is 13.1. The van der Waals surface area contributed by atoms with Crippen LogP contribution in [0, 0.1) is 0 Å². The predicted molar refractivity (Wildman–Crippen MR) is 81.0 cm³/mol. The Hall–Kier alpha value is -0.580. The fourth-order valence-electron chi connectivity index (χ4n) is 2.73. The standard InChI is InChI=1S/C14H22BrN3/c1-11-10-17(2)6-3-7-18(11)14-5-4-13(15)8-12(14)9-16/h4-5,8,11H,3,6-7,9-10,16H2,1-2H3. The van der Waals surface area contributed by atoms with E-state index in [0.717, 1.165) is 17.6 Å². The molecule has 1 aromatic rings. The van der Waals surface area contributed by atoms with Gasteiger partial charge in [-0.3, -0.25) is 0 Å². The predicted octanol–water partition coefficient (Wildman–Crippen LogP) is 2.44. The van der Waals surface area contributed by atoms with Crippen molar-refractivity contribution in [1.82, 2.24) is 4.90 Å². The van der Waals surface area contributed by atoms with Gasteiger partial charge < -0.3 is 15.5 Å². The summed E-state index contributed by atoms with van der Waals surface area (Å²) < 4.78 is 1.10. The fourth-order valence-corrected chi connectivity index (χ4v) is 3.14. The third-order valence-electron chi connectivity index (χ3n) is 3.62. The van der Waals surface area contributed by atoms with Gasteiger partial charge in [0.2, 0.25) is 0 Å². The number of hydrogen-bond donors (Lipinski definition) is 1. The molecule has 0 radical (unpaired) electrons. The highest BCUT2D eigenvalue weighted by Crippen LogP contribution is 2.27. The lowest BCUT2D eigenvalue weighted by Gasteiger charge is -2.32. The van der Waals surface area contributed by atoms with Gasteiger partial charge in [0.1, 0.15) is 0 Å². The molecule has 2 rings (SSSR count). The Morgan fingerprint density at radius 1 is 1.39 bits per heavy atom. The average Bonchev–Trinajstić information content (AvgIpc) is 2.50. The molecule has 1 saturated heterocycles. The normalized spacial score (nSPS) is 22.0. The number of benzene rings is 1. The molecule has 0 bridgehead atoms. The first-order chi connectivity index (χ1) is 8.61. The molecule has 1 fully saturated rings. The van der Waals surface area contributed by atoms with Crippen LogP contribution in [-0.4, -0.2) is 37.6 Å². The first-order valence-electron chi connectivity index (χ1n) is 6.55. The maximum atomic E-state index is 5.88. The van der Waals surface area contributed by atoms with Gasteiger partial charge in [-0.2, -0.15) is 0 Å². The van der Waals surface area contributed by atoms with Gasteiger partial charge in [-0.15, -0.1) is 0 Å². The number of rotatable bonds is 2. The third-order valence-corrected chi connectivity index (χ3v) is 4.11. The van der Waals surface area contributed by atoms with E-state index in [9.17, 15) is 0 Å². The summed E-state index contributed by atoms with van der Waals surface area (Å²) in [6.07, 6.45) is 1.21. The van der Waals surface area contributed by atoms with Crippen LogP contribution in [0.1, 0.15) is 18.9 Å². The average molecular weight is 312 g/mol. The van der Waals surface area contributed by atoms with Crippen LogP contribution < -0.4 is 10.6 Å². The molecular formula is C14H22BrN3. The van der Waals surface area contributed by atoms with Gasteiger partial charge in [-0.25, -0.2) is 0 Å². The monoisotopic (exact) mass is 311 g/mol. The lowest BCUT2D eigenvalue weighted by molar-refractivity contribution is 0.337. The Morgan fingerprint density at radius 3 is 2.89 bits per heavy atom. The third kappa shape index (κ3) is 3.05. The van der Waals surface area contributed by atoms with Gasteiger partial charge in [-0.05, 0) is 50.7 Å². The topological polar surface area (TPSA) is 32.5 Å². The largest absolute Gasteiger partial charge is 0.367 e. The Bertz CT molecular complexity index is 408. The number of hydrogen-bond acceptors (Lipinski definition) is 3. The van der Waals surface area contributed by atoms with Crippen molar-refractivity contribution in [2.45, 2.75) is 25.9 Å². The van der Waals surface area contributed by atoms with Crippen molar-refractivity contribution >= 4 is 21.6 Å². The quantitative estimate of drug-likeness (QED) is 0.910. The van der Waals surface area contributed by atoms with Crippen molar-refractivity contribution in [3.8, 4) is 0 Å². The molecule has 0 saturated carbocycles. The second-order valence-corrected chi connectivity index (χ2v) is 6.05. The molecule has 2 N–H and O–H groups in total. The first kappa shape index (κ1) is 13.8. The van der Waals surface area contributed by atoms with Crippen LogP contribution in [0.2, 0.25) is 0 Å². The van der Waals surface area contributed by atoms with Gasteiger partial charge in [0.15, 0.2) is 0 Å². The highest BCUT2D eigenvalue weighted by molar-refractivity contribution is 9.10. The minimum Gasteiger partial charge on any atom is -0.367 e. The Balaban J connectivity index is 2.29. The highest BCUT2D eigenvalue weighted by atomic mass is 79.9. The van der Waals surface area contributed by atoms with Crippen LogP contribution in [0.15, 0.2) is 22.7 Å². The SMILES string of the molecule is CC1CN(C)CCCN1c1ccc(Br)cc1CN. The highest BCUT2D eigenvalue weighted by Gasteiger charge is 2.21. The van der Waals surface area contributed by atoms with Gasteiger partial charge in [0.05, 0.1) is 0 Å². The van der Waals surface area contributed by atoms with Crippen LogP contribution in [-0.2, 0) is 6.54 Å². The molecule has 100 valence electrons. The number of halogens is 1. The molecule has 1 aliphatic rings. The molecule has 0 amide bonds. The molecule has 0 aliphatic carbocycles. The van der Waals surface area contributed by atoms with E-state index in [-0.39, 0.29) is 0 Å². The van der Waals surface area contributed by atoms with E-state index < -0.39 is 0 Å². The maximum Gasteiger partial charge on any atom is 0.0415 e. The maximum absolute atomic E-state index is 5.88. The lowest BCUT2D eigenvalue weighted by atomic mass is 10.1. The second-order valence-electron chi connectivity index (χ2n) is 5.14. The smallest absolute Gasteiger partial charge is 0.0415 e. The van der Waals surface area contributed by atoms with Crippen LogP contribution in [0.3, 0.4) is 0 Å². The Labute approximate surface area is 118 Å². The molecule has 4 heteroatoms. The van der Waals surface area contributed by atoms with Crippen molar-refractivity contribution in [3.63, 3.8) is 0 Å². The molecule has 1 unspecified atom stereocenters. The molecule has 1 aromatic carbocycles.